The van der Waals surface area contributed by atoms with Gasteiger partial charge >= 0.3 is 0 Å². The van der Waals surface area contributed by atoms with Crippen molar-refractivity contribution in [1.29, 1.82) is 0 Å². The topological polar surface area (TPSA) is 32.3 Å². The Hall–Kier alpha value is -2.72. The van der Waals surface area contributed by atoms with Gasteiger partial charge in [-0.25, -0.2) is 0 Å². The average molecular weight is 375 g/mol. The smallest absolute Gasteiger partial charge is 0.243 e. The van der Waals surface area contributed by atoms with Crippen molar-refractivity contribution < 1.29 is 4.79 Å². The summed E-state index contributed by atoms with van der Waals surface area (Å²) in [6, 6.07) is 26.5. The van der Waals surface area contributed by atoms with Crippen molar-refractivity contribution in [3.63, 3.8) is 0 Å². The summed E-state index contributed by atoms with van der Waals surface area (Å²) in [5.41, 5.74) is 4.15. The van der Waals surface area contributed by atoms with Gasteiger partial charge in [-0.1, -0.05) is 60.7 Å². The highest BCUT2D eigenvalue weighted by atomic mass is 32.2. The van der Waals surface area contributed by atoms with Crippen LogP contribution in [-0.2, 0) is 4.79 Å². The quantitative estimate of drug-likeness (QED) is 0.673. The molecule has 3 aromatic carbocycles. The molecular formula is C23H22N2OS. The van der Waals surface area contributed by atoms with Crippen LogP contribution in [0.2, 0.25) is 0 Å². The summed E-state index contributed by atoms with van der Waals surface area (Å²) < 4.78 is 0. The number of hydrogen-bond donors (Lipinski definition) is 1. The zero-order valence-corrected chi connectivity index (χ0v) is 15.9. The molecule has 1 aliphatic rings. The second kappa shape index (κ2) is 8.31. The summed E-state index contributed by atoms with van der Waals surface area (Å²) in [5, 5.41) is 3.12. The number of anilines is 2. The van der Waals surface area contributed by atoms with E-state index in [1.54, 1.807) is 0 Å². The Morgan fingerprint density at radius 2 is 1.67 bits per heavy atom. The lowest BCUT2D eigenvalue weighted by Gasteiger charge is -2.24. The zero-order valence-electron chi connectivity index (χ0n) is 15.1. The lowest BCUT2D eigenvalue weighted by atomic mass is 10.0. The van der Waals surface area contributed by atoms with Crippen molar-refractivity contribution in [3.8, 4) is 11.1 Å². The highest BCUT2D eigenvalue weighted by molar-refractivity contribution is 7.99. The predicted molar refractivity (Wildman–Crippen MR) is 115 cm³/mol. The van der Waals surface area contributed by atoms with E-state index in [2.05, 4.69) is 40.5 Å². The number of benzene rings is 3. The van der Waals surface area contributed by atoms with Gasteiger partial charge in [-0.05, 0) is 35.9 Å². The minimum Gasteiger partial charge on any atom is -0.361 e. The number of carbonyl (C=O) groups excluding carboxylic acids is 1. The van der Waals surface area contributed by atoms with Crippen molar-refractivity contribution in [1.82, 2.24) is 0 Å². The lowest BCUT2D eigenvalue weighted by molar-refractivity contribution is -0.115. The molecule has 1 aliphatic heterocycles. The molecule has 0 bridgehead atoms. The Kier molecular flexibility index (Phi) is 5.45. The van der Waals surface area contributed by atoms with Crippen molar-refractivity contribution in [3.05, 3.63) is 78.9 Å². The third-order valence-corrected chi connectivity index (χ3v) is 5.81. The van der Waals surface area contributed by atoms with Gasteiger partial charge in [-0.15, -0.1) is 11.8 Å². The van der Waals surface area contributed by atoms with Crippen LogP contribution in [0.15, 0.2) is 83.8 Å². The van der Waals surface area contributed by atoms with Gasteiger partial charge in [0.2, 0.25) is 5.91 Å². The fourth-order valence-corrected chi connectivity index (χ4v) is 4.40. The first-order valence-corrected chi connectivity index (χ1v) is 10.2. The number of carbonyl (C=O) groups is 1. The molecule has 0 saturated heterocycles. The molecule has 4 heteroatoms. The molecule has 136 valence electrons. The van der Waals surface area contributed by atoms with Crippen molar-refractivity contribution >= 4 is 29.0 Å². The summed E-state index contributed by atoms with van der Waals surface area (Å²) in [6.07, 6.45) is 1.08. The number of rotatable bonds is 4. The highest BCUT2D eigenvalue weighted by Gasteiger charge is 2.18. The maximum Gasteiger partial charge on any atom is 0.243 e. The molecule has 0 aliphatic carbocycles. The molecular weight excluding hydrogens is 352 g/mol. The molecule has 4 rings (SSSR count). The molecule has 1 amide bonds. The first kappa shape index (κ1) is 17.7. The Labute approximate surface area is 164 Å². The van der Waals surface area contributed by atoms with E-state index in [0.29, 0.717) is 6.54 Å². The maximum atomic E-state index is 12.8. The molecule has 0 radical (unpaired) electrons. The van der Waals surface area contributed by atoms with Crippen molar-refractivity contribution in [2.45, 2.75) is 11.3 Å². The maximum absolute atomic E-state index is 12.8. The normalized spacial score (nSPS) is 13.6. The Bertz CT molecular complexity index is 926. The molecule has 0 saturated carbocycles. The summed E-state index contributed by atoms with van der Waals surface area (Å²) >= 11 is 1.87. The number of fused-ring (bicyclic) bond motifs is 1. The van der Waals surface area contributed by atoms with Gasteiger partial charge in [0, 0.05) is 22.7 Å². The number of para-hydroxylation sites is 2. The van der Waals surface area contributed by atoms with Crippen LogP contribution in [0.5, 0.6) is 0 Å². The highest BCUT2D eigenvalue weighted by Crippen LogP contribution is 2.33. The standard InChI is InChI=1S/C23H22N2OS/c26-23(17-25-15-8-16-27-22-14-7-6-13-21(22)25)24-20-12-5-4-11-19(20)18-9-2-1-3-10-18/h1-7,9-14H,8,15-17H2,(H,24,26). The fourth-order valence-electron chi connectivity index (χ4n) is 3.39. The zero-order chi connectivity index (χ0) is 18.5. The SMILES string of the molecule is O=C(CN1CCCSc2ccccc21)Nc1ccccc1-c1ccccc1. The average Bonchev–Trinajstić information content (AvgIpc) is 2.91. The second-order valence-electron chi connectivity index (χ2n) is 6.55. The number of nitrogens with zero attached hydrogens (tertiary/aromatic N) is 1. The number of hydrogen-bond acceptors (Lipinski definition) is 3. The van der Waals surface area contributed by atoms with E-state index in [0.717, 1.165) is 41.2 Å². The van der Waals surface area contributed by atoms with E-state index in [1.165, 1.54) is 4.90 Å². The second-order valence-corrected chi connectivity index (χ2v) is 7.69. The number of nitrogens with one attached hydrogen (secondary N) is 1. The van der Waals surface area contributed by atoms with E-state index in [9.17, 15) is 4.79 Å². The summed E-state index contributed by atoms with van der Waals surface area (Å²) in [4.78, 5) is 16.3. The van der Waals surface area contributed by atoms with E-state index >= 15 is 0 Å². The summed E-state index contributed by atoms with van der Waals surface area (Å²) in [5.74, 6) is 1.10. The molecule has 3 aromatic rings. The van der Waals surface area contributed by atoms with Crippen LogP contribution >= 0.6 is 11.8 Å². The van der Waals surface area contributed by atoms with Gasteiger partial charge in [0.1, 0.15) is 0 Å². The largest absolute Gasteiger partial charge is 0.361 e. The molecule has 1 heterocycles. The van der Waals surface area contributed by atoms with Crippen LogP contribution in [0, 0.1) is 0 Å². The molecule has 0 fully saturated rings. The first-order valence-electron chi connectivity index (χ1n) is 9.22. The van der Waals surface area contributed by atoms with Crippen LogP contribution in [0.4, 0.5) is 11.4 Å². The van der Waals surface area contributed by atoms with Gasteiger partial charge < -0.3 is 10.2 Å². The van der Waals surface area contributed by atoms with E-state index in [-0.39, 0.29) is 5.91 Å². The van der Waals surface area contributed by atoms with Crippen LogP contribution in [0.25, 0.3) is 11.1 Å². The van der Waals surface area contributed by atoms with Gasteiger partial charge in [0.25, 0.3) is 0 Å². The van der Waals surface area contributed by atoms with Crippen molar-refractivity contribution in [2.75, 3.05) is 29.1 Å². The minimum absolute atomic E-state index is 0.0140. The first-order chi connectivity index (χ1) is 13.3. The van der Waals surface area contributed by atoms with Crippen LogP contribution in [0.3, 0.4) is 0 Å². The van der Waals surface area contributed by atoms with Gasteiger partial charge in [-0.3, -0.25) is 4.79 Å². The molecule has 0 spiro atoms. The molecule has 1 N–H and O–H groups in total. The van der Waals surface area contributed by atoms with Crippen LogP contribution < -0.4 is 10.2 Å². The minimum atomic E-state index is 0.0140. The Morgan fingerprint density at radius 1 is 0.926 bits per heavy atom. The van der Waals surface area contributed by atoms with Crippen molar-refractivity contribution in [2.24, 2.45) is 0 Å². The predicted octanol–water partition coefficient (Wildman–Crippen LogP) is 5.29. The van der Waals surface area contributed by atoms with Gasteiger partial charge in [0.05, 0.1) is 12.2 Å². The molecule has 3 nitrogen and oxygen atoms in total. The van der Waals surface area contributed by atoms with Gasteiger partial charge in [-0.2, -0.15) is 0 Å². The third kappa shape index (κ3) is 4.17. The lowest BCUT2D eigenvalue weighted by Crippen LogP contribution is -2.34. The van der Waals surface area contributed by atoms with Crippen LogP contribution in [-0.4, -0.2) is 24.7 Å². The fraction of sp³-hybridized carbons (Fsp3) is 0.174. The molecule has 0 atom stereocenters. The molecule has 0 unspecified atom stereocenters. The van der Waals surface area contributed by atoms with Crippen LogP contribution in [0.1, 0.15) is 6.42 Å². The molecule has 27 heavy (non-hydrogen) atoms. The third-order valence-electron chi connectivity index (χ3n) is 4.66. The van der Waals surface area contributed by atoms with E-state index in [1.807, 2.05) is 60.3 Å². The monoisotopic (exact) mass is 374 g/mol. The Balaban J connectivity index is 1.53. The summed E-state index contributed by atoms with van der Waals surface area (Å²) in [7, 11) is 0. The molecule has 0 aromatic heterocycles. The summed E-state index contributed by atoms with van der Waals surface area (Å²) in [6.45, 7) is 1.26. The van der Waals surface area contributed by atoms with Gasteiger partial charge in [0.15, 0.2) is 0 Å². The van der Waals surface area contributed by atoms with E-state index in [4.69, 9.17) is 0 Å². The Morgan fingerprint density at radius 3 is 2.56 bits per heavy atom. The number of amides is 1. The van der Waals surface area contributed by atoms with E-state index < -0.39 is 0 Å². The number of thioether (sulfide) groups is 1.